The summed E-state index contributed by atoms with van der Waals surface area (Å²) in [7, 11) is 2.06. The van der Waals surface area contributed by atoms with Gasteiger partial charge >= 0.3 is 0 Å². The lowest BCUT2D eigenvalue weighted by molar-refractivity contribution is 0.145. The summed E-state index contributed by atoms with van der Waals surface area (Å²) >= 11 is 0. The first-order valence-electron chi connectivity index (χ1n) is 8.32. The molecule has 1 aliphatic heterocycles. The molecule has 132 valence electrons. The Balaban J connectivity index is 0.00000182. The quantitative estimate of drug-likeness (QED) is 0.776. The van der Waals surface area contributed by atoms with Gasteiger partial charge in [-0.2, -0.15) is 5.10 Å². The van der Waals surface area contributed by atoms with Gasteiger partial charge in [-0.15, -0.1) is 12.4 Å². The SMILES string of the molecule is Cl.Cn1ccnc1C1CNCCN1Cc1ccc(-n2cccn2)cc1. The molecule has 1 fully saturated rings. The van der Waals surface area contributed by atoms with Gasteiger partial charge in [0.05, 0.1) is 11.7 Å². The molecular formula is C18H23ClN6. The molecule has 3 aromatic rings. The predicted molar refractivity (Wildman–Crippen MR) is 100 cm³/mol. The summed E-state index contributed by atoms with van der Waals surface area (Å²) in [6, 6.07) is 10.9. The van der Waals surface area contributed by atoms with E-state index in [0.29, 0.717) is 6.04 Å². The summed E-state index contributed by atoms with van der Waals surface area (Å²) in [5.41, 5.74) is 2.40. The maximum atomic E-state index is 4.55. The summed E-state index contributed by atoms with van der Waals surface area (Å²) in [6.07, 6.45) is 7.65. The van der Waals surface area contributed by atoms with Gasteiger partial charge in [0.2, 0.25) is 0 Å². The highest BCUT2D eigenvalue weighted by atomic mass is 35.5. The number of hydrogen-bond acceptors (Lipinski definition) is 4. The predicted octanol–water partition coefficient (Wildman–Crippen LogP) is 2.17. The second-order valence-corrected chi connectivity index (χ2v) is 6.20. The zero-order valence-electron chi connectivity index (χ0n) is 14.2. The molecule has 1 atom stereocenters. The highest BCUT2D eigenvalue weighted by molar-refractivity contribution is 5.85. The summed E-state index contributed by atoms with van der Waals surface area (Å²) in [4.78, 5) is 7.05. The van der Waals surface area contributed by atoms with Crippen molar-refractivity contribution in [2.45, 2.75) is 12.6 Å². The zero-order chi connectivity index (χ0) is 16.4. The van der Waals surface area contributed by atoms with Crippen LogP contribution in [0.4, 0.5) is 0 Å². The van der Waals surface area contributed by atoms with Crippen LogP contribution in [0, 0.1) is 0 Å². The number of nitrogens with one attached hydrogen (secondary N) is 1. The van der Waals surface area contributed by atoms with Gasteiger partial charge in [-0.1, -0.05) is 12.1 Å². The van der Waals surface area contributed by atoms with Crippen LogP contribution in [0.15, 0.2) is 55.1 Å². The van der Waals surface area contributed by atoms with Crippen molar-refractivity contribution in [3.05, 3.63) is 66.5 Å². The minimum atomic E-state index is 0. The third-order valence-electron chi connectivity index (χ3n) is 4.60. The molecule has 1 unspecified atom stereocenters. The molecule has 0 spiro atoms. The lowest BCUT2D eigenvalue weighted by Crippen LogP contribution is -2.46. The van der Waals surface area contributed by atoms with Crippen LogP contribution in [0.2, 0.25) is 0 Å². The number of aryl methyl sites for hydroxylation is 1. The Morgan fingerprint density at radius 2 is 2.00 bits per heavy atom. The van der Waals surface area contributed by atoms with Crippen molar-refractivity contribution in [3.63, 3.8) is 0 Å². The number of benzene rings is 1. The average molecular weight is 359 g/mol. The van der Waals surface area contributed by atoms with E-state index in [9.17, 15) is 0 Å². The van der Waals surface area contributed by atoms with Crippen molar-refractivity contribution in [2.24, 2.45) is 7.05 Å². The van der Waals surface area contributed by atoms with Crippen molar-refractivity contribution < 1.29 is 0 Å². The first kappa shape index (κ1) is 17.7. The normalized spacial score (nSPS) is 18.0. The number of rotatable bonds is 4. The van der Waals surface area contributed by atoms with E-state index >= 15 is 0 Å². The molecule has 0 aliphatic carbocycles. The fourth-order valence-corrected chi connectivity index (χ4v) is 3.30. The third kappa shape index (κ3) is 3.76. The molecule has 3 heterocycles. The van der Waals surface area contributed by atoms with Gasteiger partial charge in [0.15, 0.2) is 0 Å². The van der Waals surface area contributed by atoms with Crippen molar-refractivity contribution in [1.82, 2.24) is 29.5 Å². The second-order valence-electron chi connectivity index (χ2n) is 6.20. The lowest BCUT2D eigenvalue weighted by atomic mass is 10.1. The molecule has 0 amide bonds. The molecule has 4 rings (SSSR count). The largest absolute Gasteiger partial charge is 0.337 e. The van der Waals surface area contributed by atoms with Crippen molar-refractivity contribution in [3.8, 4) is 5.69 Å². The molecule has 0 bridgehead atoms. The Morgan fingerprint density at radius 3 is 2.68 bits per heavy atom. The van der Waals surface area contributed by atoms with E-state index < -0.39 is 0 Å². The van der Waals surface area contributed by atoms with Gasteiger partial charge in [-0.3, -0.25) is 4.90 Å². The van der Waals surface area contributed by atoms with Crippen LogP contribution in [-0.4, -0.2) is 43.9 Å². The standard InChI is InChI=1S/C18H22N6.ClH/c1-22-11-9-20-18(22)17-13-19-8-12-23(17)14-15-3-5-16(6-4-15)24-10-2-7-21-24;/h2-7,9-11,17,19H,8,12-14H2,1H3;1H. The van der Waals surface area contributed by atoms with Crippen LogP contribution in [0.5, 0.6) is 0 Å². The van der Waals surface area contributed by atoms with Gasteiger partial charge in [0.25, 0.3) is 0 Å². The molecule has 1 aromatic carbocycles. The van der Waals surface area contributed by atoms with E-state index in [2.05, 4.69) is 56.2 Å². The van der Waals surface area contributed by atoms with Crippen LogP contribution in [0.25, 0.3) is 5.69 Å². The number of halogens is 1. The van der Waals surface area contributed by atoms with E-state index in [4.69, 9.17) is 0 Å². The number of piperazine rings is 1. The molecule has 1 N–H and O–H groups in total. The van der Waals surface area contributed by atoms with Crippen molar-refractivity contribution in [1.29, 1.82) is 0 Å². The highest BCUT2D eigenvalue weighted by Crippen LogP contribution is 2.23. The Morgan fingerprint density at radius 1 is 1.16 bits per heavy atom. The summed E-state index contributed by atoms with van der Waals surface area (Å²) < 4.78 is 4.00. The smallest absolute Gasteiger partial charge is 0.127 e. The van der Waals surface area contributed by atoms with E-state index in [1.54, 1.807) is 6.20 Å². The monoisotopic (exact) mass is 358 g/mol. The maximum absolute atomic E-state index is 4.55. The Kier molecular flexibility index (Phi) is 5.53. The van der Waals surface area contributed by atoms with E-state index in [-0.39, 0.29) is 12.4 Å². The van der Waals surface area contributed by atoms with Crippen LogP contribution >= 0.6 is 12.4 Å². The summed E-state index contributed by atoms with van der Waals surface area (Å²) in [6.45, 7) is 3.92. The molecule has 0 radical (unpaired) electrons. The molecule has 25 heavy (non-hydrogen) atoms. The topological polar surface area (TPSA) is 50.9 Å². The van der Waals surface area contributed by atoms with Crippen LogP contribution in [0.1, 0.15) is 17.4 Å². The maximum Gasteiger partial charge on any atom is 0.127 e. The van der Waals surface area contributed by atoms with Crippen LogP contribution in [-0.2, 0) is 13.6 Å². The third-order valence-corrected chi connectivity index (χ3v) is 4.60. The Labute approximate surface area is 153 Å². The fraction of sp³-hybridized carbons (Fsp3) is 0.333. The molecule has 1 aliphatic rings. The number of nitrogens with zero attached hydrogens (tertiary/aromatic N) is 5. The van der Waals surface area contributed by atoms with E-state index in [0.717, 1.165) is 37.7 Å². The van der Waals surface area contributed by atoms with Gasteiger partial charge < -0.3 is 9.88 Å². The van der Waals surface area contributed by atoms with Crippen LogP contribution in [0.3, 0.4) is 0 Å². The van der Waals surface area contributed by atoms with E-state index in [1.807, 2.05) is 29.3 Å². The molecular weight excluding hydrogens is 336 g/mol. The minimum absolute atomic E-state index is 0. The van der Waals surface area contributed by atoms with E-state index in [1.165, 1.54) is 5.56 Å². The molecule has 2 aromatic heterocycles. The lowest BCUT2D eigenvalue weighted by Gasteiger charge is -2.35. The van der Waals surface area contributed by atoms with Crippen molar-refractivity contribution >= 4 is 12.4 Å². The van der Waals surface area contributed by atoms with Gasteiger partial charge in [-0.05, 0) is 23.8 Å². The van der Waals surface area contributed by atoms with Gasteiger partial charge in [0.1, 0.15) is 5.82 Å². The second kappa shape index (κ2) is 7.82. The average Bonchev–Trinajstić information content (AvgIpc) is 3.28. The van der Waals surface area contributed by atoms with Crippen molar-refractivity contribution in [2.75, 3.05) is 19.6 Å². The molecule has 0 saturated carbocycles. The summed E-state index contributed by atoms with van der Waals surface area (Å²) in [5.74, 6) is 1.12. The highest BCUT2D eigenvalue weighted by Gasteiger charge is 2.26. The first-order chi connectivity index (χ1) is 11.8. The Bertz CT molecular complexity index is 780. The minimum Gasteiger partial charge on any atom is -0.337 e. The number of aromatic nitrogens is 4. The molecule has 1 saturated heterocycles. The van der Waals surface area contributed by atoms with Gasteiger partial charge in [-0.25, -0.2) is 9.67 Å². The fourth-order valence-electron chi connectivity index (χ4n) is 3.30. The van der Waals surface area contributed by atoms with Crippen LogP contribution < -0.4 is 5.32 Å². The number of imidazole rings is 1. The number of hydrogen-bond donors (Lipinski definition) is 1. The van der Waals surface area contributed by atoms with Gasteiger partial charge in [0, 0.05) is 58.0 Å². The Hall–Kier alpha value is -2.15. The zero-order valence-corrected chi connectivity index (χ0v) is 15.1. The molecule has 6 nitrogen and oxygen atoms in total. The first-order valence-corrected chi connectivity index (χ1v) is 8.32. The molecule has 7 heteroatoms. The summed E-state index contributed by atoms with van der Waals surface area (Å²) in [5, 5.41) is 7.76.